The van der Waals surface area contributed by atoms with Gasteiger partial charge in [0.25, 0.3) is 5.91 Å². The van der Waals surface area contributed by atoms with Gasteiger partial charge in [0.2, 0.25) is 5.91 Å². The molecule has 26 heavy (non-hydrogen) atoms. The van der Waals surface area contributed by atoms with E-state index in [2.05, 4.69) is 34.5 Å². The van der Waals surface area contributed by atoms with Crippen LogP contribution in [0.3, 0.4) is 0 Å². The maximum absolute atomic E-state index is 12.6. The number of rotatable bonds is 4. The topological polar surface area (TPSA) is 74.3 Å². The summed E-state index contributed by atoms with van der Waals surface area (Å²) in [5.74, 6) is 0.385. The number of fused-ring (bicyclic) bond motifs is 1. The summed E-state index contributed by atoms with van der Waals surface area (Å²) in [6.07, 6.45) is 1.86. The summed E-state index contributed by atoms with van der Waals surface area (Å²) >= 11 is 1.53. The number of carbonyl (C=O) groups excluding carboxylic acids is 2. The number of aromatic nitrogens is 1. The highest BCUT2D eigenvalue weighted by atomic mass is 32.1. The number of hydrogen-bond acceptors (Lipinski definition) is 5. The first kappa shape index (κ1) is 17.2. The van der Waals surface area contributed by atoms with Gasteiger partial charge in [-0.15, -0.1) is 11.3 Å². The number of nitrogens with one attached hydrogen (secondary N) is 2. The zero-order valence-corrected chi connectivity index (χ0v) is 15.7. The number of amides is 2. The minimum absolute atomic E-state index is 0.0341. The van der Waals surface area contributed by atoms with E-state index in [1.807, 2.05) is 0 Å². The van der Waals surface area contributed by atoms with E-state index in [1.165, 1.54) is 16.2 Å². The molecule has 6 nitrogen and oxygen atoms in total. The molecule has 0 radical (unpaired) electrons. The van der Waals surface area contributed by atoms with E-state index in [1.54, 1.807) is 24.3 Å². The first-order chi connectivity index (χ1) is 12.5. The van der Waals surface area contributed by atoms with Gasteiger partial charge < -0.3 is 10.2 Å². The molecule has 136 valence electrons. The monoisotopic (exact) mass is 370 g/mol. The first-order valence-electron chi connectivity index (χ1n) is 8.89. The van der Waals surface area contributed by atoms with E-state index in [-0.39, 0.29) is 17.7 Å². The Morgan fingerprint density at radius 2 is 2.12 bits per heavy atom. The largest absolute Gasteiger partial charge is 0.326 e. The van der Waals surface area contributed by atoms with Crippen LogP contribution in [0.5, 0.6) is 0 Å². The second-order valence-electron chi connectivity index (χ2n) is 7.22. The molecular formula is C19H22N4O2S. The average Bonchev–Trinajstić information content (AvgIpc) is 3.21. The molecule has 1 fully saturated rings. The third kappa shape index (κ3) is 3.64. The third-order valence-electron chi connectivity index (χ3n) is 4.98. The molecule has 7 heteroatoms. The summed E-state index contributed by atoms with van der Waals surface area (Å²) in [7, 11) is 2.09. The van der Waals surface area contributed by atoms with Crippen molar-refractivity contribution in [3.05, 3.63) is 40.4 Å². The lowest BCUT2D eigenvalue weighted by Gasteiger charge is -2.20. The minimum Gasteiger partial charge on any atom is -0.326 e. The van der Waals surface area contributed by atoms with Gasteiger partial charge in [0.05, 0.1) is 5.69 Å². The Morgan fingerprint density at radius 1 is 1.31 bits per heavy atom. The molecule has 2 aromatic rings. The van der Waals surface area contributed by atoms with Crippen molar-refractivity contribution in [2.75, 3.05) is 24.2 Å². The normalized spacial score (nSPS) is 21.8. The lowest BCUT2D eigenvalue weighted by atomic mass is 10.2. The predicted molar refractivity (Wildman–Crippen MR) is 102 cm³/mol. The van der Waals surface area contributed by atoms with E-state index >= 15 is 0 Å². The Balaban J connectivity index is 1.43. The van der Waals surface area contributed by atoms with Crippen LogP contribution in [0.1, 0.15) is 34.3 Å². The van der Waals surface area contributed by atoms with Crippen LogP contribution in [-0.2, 0) is 17.8 Å². The van der Waals surface area contributed by atoms with Crippen LogP contribution in [0.25, 0.3) is 0 Å². The van der Waals surface area contributed by atoms with E-state index in [0.29, 0.717) is 22.3 Å². The van der Waals surface area contributed by atoms with Gasteiger partial charge >= 0.3 is 0 Å². The number of thiazole rings is 1. The molecule has 0 spiro atoms. The lowest BCUT2D eigenvalue weighted by molar-refractivity contribution is -0.117. The molecule has 2 aliphatic rings. The number of likely N-dealkylation sites (N-methyl/N-ethyl adjacent to an activating group) is 1. The van der Waals surface area contributed by atoms with Crippen LogP contribution in [0, 0.1) is 11.8 Å². The highest BCUT2D eigenvalue weighted by Crippen LogP contribution is 2.38. The fourth-order valence-electron chi connectivity index (χ4n) is 3.21. The zero-order valence-electron chi connectivity index (χ0n) is 14.9. The molecule has 2 atom stereocenters. The van der Waals surface area contributed by atoms with Gasteiger partial charge in [-0.3, -0.25) is 14.9 Å². The summed E-state index contributed by atoms with van der Waals surface area (Å²) in [4.78, 5) is 32.6. The Kier molecular flexibility index (Phi) is 4.50. The molecule has 1 aromatic carbocycles. The van der Waals surface area contributed by atoms with Crippen molar-refractivity contribution in [3.63, 3.8) is 0 Å². The average molecular weight is 370 g/mol. The number of anilines is 2. The van der Waals surface area contributed by atoms with Crippen LogP contribution in [0.2, 0.25) is 0 Å². The zero-order chi connectivity index (χ0) is 18.3. The summed E-state index contributed by atoms with van der Waals surface area (Å²) in [6, 6.07) is 7.04. The number of hydrogen-bond donors (Lipinski definition) is 2. The Hall–Kier alpha value is -2.25. The SMILES string of the molecule is CC1CC1C(=O)Nc1cccc(C(=O)Nc2nc3c(s2)CN(C)CC3)c1. The summed E-state index contributed by atoms with van der Waals surface area (Å²) < 4.78 is 0. The lowest BCUT2D eigenvalue weighted by Crippen LogP contribution is -2.25. The summed E-state index contributed by atoms with van der Waals surface area (Å²) in [5, 5.41) is 6.43. The third-order valence-corrected chi connectivity index (χ3v) is 5.98. The van der Waals surface area contributed by atoms with Crippen LogP contribution < -0.4 is 10.6 Å². The van der Waals surface area contributed by atoms with Gasteiger partial charge in [-0.25, -0.2) is 4.98 Å². The van der Waals surface area contributed by atoms with Crippen molar-refractivity contribution < 1.29 is 9.59 Å². The van der Waals surface area contributed by atoms with Crippen molar-refractivity contribution in [2.45, 2.75) is 26.3 Å². The van der Waals surface area contributed by atoms with Gasteiger partial charge in [-0.2, -0.15) is 0 Å². The van der Waals surface area contributed by atoms with E-state index in [0.717, 1.165) is 31.6 Å². The van der Waals surface area contributed by atoms with Crippen molar-refractivity contribution >= 4 is 34.0 Å². The maximum Gasteiger partial charge on any atom is 0.257 e. The Labute approximate surface area is 156 Å². The van der Waals surface area contributed by atoms with E-state index in [9.17, 15) is 9.59 Å². The van der Waals surface area contributed by atoms with Crippen LogP contribution in [-0.4, -0.2) is 35.3 Å². The van der Waals surface area contributed by atoms with Crippen molar-refractivity contribution in [3.8, 4) is 0 Å². The molecule has 2 heterocycles. The molecule has 0 bridgehead atoms. The van der Waals surface area contributed by atoms with Crippen molar-refractivity contribution in [1.29, 1.82) is 0 Å². The fraction of sp³-hybridized carbons (Fsp3) is 0.421. The second kappa shape index (κ2) is 6.81. The van der Waals surface area contributed by atoms with E-state index in [4.69, 9.17) is 0 Å². The van der Waals surface area contributed by atoms with Crippen LogP contribution >= 0.6 is 11.3 Å². The van der Waals surface area contributed by atoms with Crippen molar-refractivity contribution in [1.82, 2.24) is 9.88 Å². The Bertz CT molecular complexity index is 863. The molecule has 2 N–H and O–H groups in total. The molecule has 2 amide bonds. The van der Waals surface area contributed by atoms with Gasteiger partial charge in [0.1, 0.15) is 0 Å². The highest BCUT2D eigenvalue weighted by molar-refractivity contribution is 7.15. The van der Waals surface area contributed by atoms with Crippen molar-refractivity contribution in [2.24, 2.45) is 11.8 Å². The molecule has 1 aromatic heterocycles. The second-order valence-corrected chi connectivity index (χ2v) is 8.30. The molecule has 2 unspecified atom stereocenters. The summed E-state index contributed by atoms with van der Waals surface area (Å²) in [5.41, 5.74) is 2.25. The van der Waals surface area contributed by atoms with Gasteiger partial charge in [-0.1, -0.05) is 13.0 Å². The molecule has 0 saturated heterocycles. The fourth-order valence-corrected chi connectivity index (χ4v) is 4.29. The number of benzene rings is 1. The standard InChI is InChI=1S/C19H22N4O2S/c1-11-8-14(11)18(25)20-13-5-3-4-12(9-13)17(24)22-19-21-15-6-7-23(2)10-16(15)26-19/h3-5,9,11,14H,6-8,10H2,1-2H3,(H,20,25)(H,21,22,24). The van der Waals surface area contributed by atoms with Crippen LogP contribution in [0.15, 0.2) is 24.3 Å². The van der Waals surface area contributed by atoms with E-state index < -0.39 is 0 Å². The first-order valence-corrected chi connectivity index (χ1v) is 9.70. The number of carbonyl (C=O) groups is 2. The van der Waals surface area contributed by atoms with Gasteiger partial charge in [-0.05, 0) is 37.6 Å². The summed E-state index contributed by atoms with van der Waals surface area (Å²) in [6.45, 7) is 3.94. The molecule has 1 aliphatic heterocycles. The molecule has 1 saturated carbocycles. The van der Waals surface area contributed by atoms with Gasteiger partial charge in [0.15, 0.2) is 5.13 Å². The molecular weight excluding hydrogens is 348 g/mol. The molecule has 4 rings (SSSR count). The highest BCUT2D eigenvalue weighted by Gasteiger charge is 2.39. The molecule has 1 aliphatic carbocycles. The maximum atomic E-state index is 12.6. The van der Waals surface area contributed by atoms with Gasteiger partial charge in [0, 0.05) is 41.6 Å². The quantitative estimate of drug-likeness (QED) is 0.868. The minimum atomic E-state index is -0.208. The predicted octanol–water partition coefficient (Wildman–Crippen LogP) is 2.98. The smallest absolute Gasteiger partial charge is 0.257 e. The number of nitrogens with zero attached hydrogens (tertiary/aromatic N) is 2. The Morgan fingerprint density at radius 3 is 2.88 bits per heavy atom. The van der Waals surface area contributed by atoms with Crippen LogP contribution in [0.4, 0.5) is 10.8 Å².